The summed E-state index contributed by atoms with van der Waals surface area (Å²) in [7, 11) is 0. The molecule has 1 heterocycles. The van der Waals surface area contributed by atoms with Gasteiger partial charge in [0.1, 0.15) is 5.75 Å². The van der Waals surface area contributed by atoms with Gasteiger partial charge in [-0.3, -0.25) is 0 Å². The van der Waals surface area contributed by atoms with E-state index in [1.54, 1.807) is 0 Å². The Morgan fingerprint density at radius 2 is 2.23 bits per heavy atom. The van der Waals surface area contributed by atoms with E-state index in [0.29, 0.717) is 0 Å². The molecule has 0 bridgehead atoms. The second-order valence-electron chi connectivity index (χ2n) is 3.63. The highest BCUT2D eigenvalue weighted by Crippen LogP contribution is 2.32. The monoisotopic (exact) mass is 177 g/mol. The van der Waals surface area contributed by atoms with Crippen molar-refractivity contribution in [2.45, 2.75) is 26.4 Å². The molecule has 0 fully saturated rings. The largest absolute Gasteiger partial charge is 0.489 e. The van der Waals surface area contributed by atoms with E-state index in [1.807, 2.05) is 19.9 Å². The fraction of sp³-hybridized carbons (Fsp3) is 0.455. The van der Waals surface area contributed by atoms with Gasteiger partial charge in [-0.05, 0) is 31.9 Å². The maximum absolute atomic E-state index is 5.69. The second-order valence-corrected chi connectivity index (χ2v) is 3.63. The number of ether oxygens (including phenoxy) is 1. The zero-order valence-electron chi connectivity index (χ0n) is 8.13. The Morgan fingerprint density at radius 1 is 1.38 bits per heavy atom. The van der Waals surface area contributed by atoms with Gasteiger partial charge in [0.2, 0.25) is 0 Å². The van der Waals surface area contributed by atoms with Gasteiger partial charge in [0.05, 0.1) is 11.8 Å². The first-order valence-electron chi connectivity index (χ1n) is 4.80. The Labute approximate surface area is 78.9 Å². The number of nitrogens with one attached hydrogen (secondary N) is 1. The molecule has 0 amide bonds. The van der Waals surface area contributed by atoms with E-state index in [-0.39, 0.29) is 6.10 Å². The van der Waals surface area contributed by atoms with Gasteiger partial charge in [-0.1, -0.05) is 12.1 Å². The van der Waals surface area contributed by atoms with Crippen LogP contribution in [-0.2, 0) is 6.42 Å². The maximum Gasteiger partial charge on any atom is 0.143 e. The van der Waals surface area contributed by atoms with Crippen LogP contribution in [0.4, 0.5) is 5.69 Å². The number of hydrogen-bond acceptors (Lipinski definition) is 2. The van der Waals surface area contributed by atoms with Crippen LogP contribution in [0.2, 0.25) is 0 Å². The number of hydrogen-bond donors (Lipinski definition) is 1. The van der Waals surface area contributed by atoms with Gasteiger partial charge >= 0.3 is 0 Å². The lowest BCUT2D eigenvalue weighted by Crippen LogP contribution is -2.07. The van der Waals surface area contributed by atoms with Crippen LogP contribution < -0.4 is 10.1 Å². The highest BCUT2D eigenvalue weighted by atomic mass is 16.5. The third kappa shape index (κ3) is 1.62. The fourth-order valence-electron chi connectivity index (χ4n) is 1.66. The highest BCUT2D eigenvalue weighted by Gasteiger charge is 2.14. The minimum atomic E-state index is 0.244. The zero-order valence-corrected chi connectivity index (χ0v) is 8.13. The third-order valence-corrected chi connectivity index (χ3v) is 2.17. The molecule has 0 aliphatic carbocycles. The van der Waals surface area contributed by atoms with Gasteiger partial charge in [0, 0.05) is 6.54 Å². The van der Waals surface area contributed by atoms with Gasteiger partial charge in [-0.25, -0.2) is 0 Å². The third-order valence-electron chi connectivity index (χ3n) is 2.17. The van der Waals surface area contributed by atoms with E-state index >= 15 is 0 Å². The van der Waals surface area contributed by atoms with Crippen molar-refractivity contribution in [2.24, 2.45) is 0 Å². The first-order valence-corrected chi connectivity index (χ1v) is 4.80. The van der Waals surface area contributed by atoms with Gasteiger partial charge < -0.3 is 10.1 Å². The molecule has 70 valence electrons. The lowest BCUT2D eigenvalue weighted by atomic mass is 10.1. The topological polar surface area (TPSA) is 21.3 Å². The van der Waals surface area contributed by atoms with Crippen molar-refractivity contribution in [3.63, 3.8) is 0 Å². The molecule has 2 nitrogen and oxygen atoms in total. The molecular weight excluding hydrogens is 162 g/mol. The van der Waals surface area contributed by atoms with Crippen LogP contribution in [0.25, 0.3) is 0 Å². The highest BCUT2D eigenvalue weighted by molar-refractivity contribution is 5.65. The van der Waals surface area contributed by atoms with E-state index in [0.717, 1.165) is 18.7 Å². The van der Waals surface area contributed by atoms with Gasteiger partial charge in [0.25, 0.3) is 0 Å². The number of fused-ring (bicyclic) bond motifs is 1. The van der Waals surface area contributed by atoms with Gasteiger partial charge in [0.15, 0.2) is 0 Å². The van der Waals surface area contributed by atoms with Crippen LogP contribution in [0, 0.1) is 0 Å². The molecular formula is C11H15NO. The summed E-state index contributed by atoms with van der Waals surface area (Å²) in [6.07, 6.45) is 1.36. The molecule has 1 aliphatic rings. The summed E-state index contributed by atoms with van der Waals surface area (Å²) >= 11 is 0. The summed E-state index contributed by atoms with van der Waals surface area (Å²) in [6.45, 7) is 5.14. The Morgan fingerprint density at radius 3 is 3.00 bits per heavy atom. The Kier molecular flexibility index (Phi) is 2.13. The summed E-state index contributed by atoms with van der Waals surface area (Å²) in [4.78, 5) is 0. The number of anilines is 1. The van der Waals surface area contributed by atoms with Crippen LogP contribution in [0.3, 0.4) is 0 Å². The Balaban J connectivity index is 2.30. The minimum Gasteiger partial charge on any atom is -0.489 e. The summed E-state index contributed by atoms with van der Waals surface area (Å²) in [6, 6.07) is 6.24. The molecule has 0 unspecified atom stereocenters. The summed E-state index contributed by atoms with van der Waals surface area (Å²) in [5.41, 5.74) is 2.56. The normalized spacial score (nSPS) is 14.1. The molecule has 0 saturated carbocycles. The predicted octanol–water partition coefficient (Wildman–Crippen LogP) is 2.44. The lowest BCUT2D eigenvalue weighted by molar-refractivity contribution is 0.244. The van der Waals surface area contributed by atoms with E-state index in [9.17, 15) is 0 Å². The average molecular weight is 177 g/mol. The van der Waals surface area contributed by atoms with Crippen LogP contribution in [0.1, 0.15) is 19.4 Å². The van der Waals surface area contributed by atoms with E-state index in [2.05, 4.69) is 17.4 Å². The number of benzene rings is 1. The number of para-hydroxylation sites is 1. The minimum absolute atomic E-state index is 0.244. The molecule has 1 aromatic rings. The van der Waals surface area contributed by atoms with Crippen molar-refractivity contribution >= 4 is 5.69 Å². The van der Waals surface area contributed by atoms with Crippen molar-refractivity contribution < 1.29 is 4.74 Å². The number of rotatable bonds is 2. The second kappa shape index (κ2) is 3.29. The standard InChI is InChI=1S/C11H15NO/c1-8(2)13-10-5-3-4-9-6-7-12-11(9)10/h3-5,8,12H,6-7H2,1-2H3. The molecule has 0 atom stereocenters. The molecule has 0 aromatic heterocycles. The summed E-state index contributed by atoms with van der Waals surface area (Å²) in [5.74, 6) is 0.991. The molecule has 1 N–H and O–H groups in total. The quantitative estimate of drug-likeness (QED) is 0.749. The molecule has 0 spiro atoms. The van der Waals surface area contributed by atoms with Crippen molar-refractivity contribution in [3.8, 4) is 5.75 Å². The van der Waals surface area contributed by atoms with Crippen molar-refractivity contribution in [1.82, 2.24) is 0 Å². The average Bonchev–Trinajstić information content (AvgIpc) is 2.51. The van der Waals surface area contributed by atoms with Gasteiger partial charge in [-0.15, -0.1) is 0 Å². The predicted molar refractivity (Wildman–Crippen MR) is 54.4 cm³/mol. The lowest BCUT2D eigenvalue weighted by Gasteiger charge is -2.13. The van der Waals surface area contributed by atoms with E-state index < -0.39 is 0 Å². The van der Waals surface area contributed by atoms with Crippen LogP contribution >= 0.6 is 0 Å². The summed E-state index contributed by atoms with van der Waals surface area (Å²) < 4.78 is 5.69. The Hall–Kier alpha value is -1.18. The van der Waals surface area contributed by atoms with E-state index in [1.165, 1.54) is 11.3 Å². The molecule has 13 heavy (non-hydrogen) atoms. The Bertz CT molecular complexity index is 307. The van der Waals surface area contributed by atoms with Crippen LogP contribution in [0.5, 0.6) is 5.75 Å². The first-order chi connectivity index (χ1) is 6.27. The molecule has 1 aromatic carbocycles. The van der Waals surface area contributed by atoms with Crippen molar-refractivity contribution in [2.75, 3.05) is 11.9 Å². The SMILES string of the molecule is CC(C)Oc1cccc2c1NCC2. The van der Waals surface area contributed by atoms with Crippen LogP contribution in [0.15, 0.2) is 18.2 Å². The fourth-order valence-corrected chi connectivity index (χ4v) is 1.66. The van der Waals surface area contributed by atoms with Crippen LogP contribution in [-0.4, -0.2) is 12.6 Å². The van der Waals surface area contributed by atoms with Gasteiger partial charge in [-0.2, -0.15) is 0 Å². The molecule has 0 radical (unpaired) electrons. The van der Waals surface area contributed by atoms with Crippen molar-refractivity contribution in [3.05, 3.63) is 23.8 Å². The maximum atomic E-state index is 5.69. The molecule has 2 rings (SSSR count). The molecule has 1 aliphatic heterocycles. The summed E-state index contributed by atoms with van der Waals surface area (Å²) in [5, 5.41) is 3.35. The first kappa shape index (κ1) is 8.42. The molecule has 0 saturated heterocycles. The van der Waals surface area contributed by atoms with E-state index in [4.69, 9.17) is 4.74 Å². The van der Waals surface area contributed by atoms with Crippen molar-refractivity contribution in [1.29, 1.82) is 0 Å². The smallest absolute Gasteiger partial charge is 0.143 e. The molecule has 2 heteroatoms. The zero-order chi connectivity index (χ0) is 9.26.